The lowest BCUT2D eigenvalue weighted by Crippen LogP contribution is -2.42. The maximum Gasteiger partial charge on any atom is 0.224 e. The topological polar surface area (TPSA) is 50.8 Å². The molecule has 1 aliphatic heterocycles. The molecule has 1 fully saturated rings. The van der Waals surface area contributed by atoms with Crippen LogP contribution in [-0.4, -0.2) is 63.9 Å². The van der Waals surface area contributed by atoms with Crippen LogP contribution in [0.25, 0.3) is 0 Å². The summed E-state index contributed by atoms with van der Waals surface area (Å²) in [7, 11) is 3.35. The third kappa shape index (κ3) is 6.89. The largest absolute Gasteiger partial charge is 0.385 e. The molecule has 0 bridgehead atoms. The van der Waals surface area contributed by atoms with Crippen molar-refractivity contribution in [3.8, 4) is 0 Å². The molecule has 0 aliphatic carbocycles. The molecule has 5 heteroatoms. The predicted octanol–water partition coefficient (Wildman–Crippen LogP) is 1.03. The van der Waals surface area contributed by atoms with Gasteiger partial charge in [-0.05, 0) is 25.8 Å². The monoisotopic (exact) mass is 272 g/mol. The van der Waals surface area contributed by atoms with Gasteiger partial charge >= 0.3 is 0 Å². The molecule has 0 radical (unpaired) electrons. The van der Waals surface area contributed by atoms with Gasteiger partial charge in [0.2, 0.25) is 5.91 Å². The Morgan fingerprint density at radius 2 is 2.00 bits per heavy atom. The van der Waals surface area contributed by atoms with Crippen LogP contribution < -0.4 is 5.32 Å². The Morgan fingerprint density at radius 3 is 2.63 bits per heavy atom. The third-order valence-electron chi connectivity index (χ3n) is 3.53. The van der Waals surface area contributed by atoms with E-state index in [1.54, 1.807) is 14.2 Å². The van der Waals surface area contributed by atoms with Crippen LogP contribution in [0.3, 0.4) is 0 Å². The number of ether oxygens (including phenoxy) is 2. The fraction of sp³-hybridized carbons (Fsp3) is 0.929. The predicted molar refractivity (Wildman–Crippen MR) is 75.2 cm³/mol. The standard InChI is InChI=1S/C14H28N2O3/c1-18-10-5-8-16(9-11-19-2)14(17)12-13-6-3-4-7-15-13/h13,15H,3-12H2,1-2H3. The Hall–Kier alpha value is -0.650. The van der Waals surface area contributed by atoms with Crippen LogP contribution in [0.1, 0.15) is 32.1 Å². The first-order valence-electron chi connectivity index (χ1n) is 7.27. The number of carbonyl (C=O) groups excluding carboxylic acids is 1. The molecule has 1 heterocycles. The molecule has 0 saturated carbocycles. The van der Waals surface area contributed by atoms with E-state index in [1.165, 1.54) is 12.8 Å². The maximum atomic E-state index is 12.3. The quantitative estimate of drug-likeness (QED) is 0.637. The number of hydrogen-bond donors (Lipinski definition) is 1. The van der Waals surface area contributed by atoms with Crippen LogP contribution in [0.2, 0.25) is 0 Å². The van der Waals surface area contributed by atoms with Crippen molar-refractivity contribution in [3.63, 3.8) is 0 Å². The minimum absolute atomic E-state index is 0.229. The summed E-state index contributed by atoms with van der Waals surface area (Å²) in [6.45, 7) is 3.75. The molecule has 1 atom stereocenters. The lowest BCUT2D eigenvalue weighted by Gasteiger charge is -2.27. The summed E-state index contributed by atoms with van der Waals surface area (Å²) >= 11 is 0. The molecule has 1 rings (SSSR count). The Bertz CT molecular complexity index is 243. The highest BCUT2D eigenvalue weighted by molar-refractivity contribution is 5.76. The van der Waals surface area contributed by atoms with E-state index in [0.717, 1.165) is 25.9 Å². The van der Waals surface area contributed by atoms with E-state index in [-0.39, 0.29) is 5.91 Å². The van der Waals surface area contributed by atoms with E-state index < -0.39 is 0 Å². The van der Waals surface area contributed by atoms with Gasteiger partial charge in [0.1, 0.15) is 0 Å². The number of rotatable bonds is 9. The summed E-state index contributed by atoms with van der Waals surface area (Å²) in [5.41, 5.74) is 0. The van der Waals surface area contributed by atoms with Gasteiger partial charge in [-0.3, -0.25) is 4.79 Å². The highest BCUT2D eigenvalue weighted by atomic mass is 16.5. The Labute approximate surface area is 116 Å². The summed E-state index contributed by atoms with van der Waals surface area (Å²) in [5, 5.41) is 3.42. The lowest BCUT2D eigenvalue weighted by molar-refractivity contribution is -0.132. The number of amides is 1. The van der Waals surface area contributed by atoms with Crippen molar-refractivity contribution in [1.29, 1.82) is 0 Å². The molecule has 112 valence electrons. The average molecular weight is 272 g/mol. The number of methoxy groups -OCH3 is 2. The second-order valence-corrected chi connectivity index (χ2v) is 5.07. The van der Waals surface area contributed by atoms with Gasteiger partial charge in [-0.15, -0.1) is 0 Å². The number of nitrogens with one attached hydrogen (secondary N) is 1. The molecule has 0 aromatic carbocycles. The molecule has 0 spiro atoms. The molecule has 1 N–H and O–H groups in total. The summed E-state index contributed by atoms with van der Waals surface area (Å²) in [4.78, 5) is 14.2. The fourth-order valence-corrected chi connectivity index (χ4v) is 2.40. The summed E-state index contributed by atoms with van der Waals surface area (Å²) in [6.07, 6.45) is 5.06. The van der Waals surface area contributed by atoms with E-state index >= 15 is 0 Å². The number of piperidine rings is 1. The molecular formula is C14H28N2O3. The highest BCUT2D eigenvalue weighted by Gasteiger charge is 2.20. The first-order chi connectivity index (χ1) is 9.27. The molecule has 1 aliphatic rings. The van der Waals surface area contributed by atoms with Crippen LogP contribution in [0.15, 0.2) is 0 Å². The second-order valence-electron chi connectivity index (χ2n) is 5.07. The third-order valence-corrected chi connectivity index (χ3v) is 3.53. The number of nitrogens with zero attached hydrogens (tertiary/aromatic N) is 1. The lowest BCUT2D eigenvalue weighted by atomic mass is 10.0. The van der Waals surface area contributed by atoms with E-state index in [1.807, 2.05) is 4.90 Å². The minimum Gasteiger partial charge on any atom is -0.385 e. The molecule has 5 nitrogen and oxygen atoms in total. The highest BCUT2D eigenvalue weighted by Crippen LogP contribution is 2.11. The van der Waals surface area contributed by atoms with Gasteiger partial charge in [-0.25, -0.2) is 0 Å². The van der Waals surface area contributed by atoms with Gasteiger partial charge in [-0.2, -0.15) is 0 Å². The zero-order valence-corrected chi connectivity index (χ0v) is 12.3. The number of carbonyl (C=O) groups is 1. The SMILES string of the molecule is COCCCN(CCOC)C(=O)CC1CCCCN1. The van der Waals surface area contributed by atoms with Crippen LogP contribution in [0.4, 0.5) is 0 Å². The molecule has 1 unspecified atom stereocenters. The van der Waals surface area contributed by atoms with Crippen molar-refractivity contribution in [2.45, 2.75) is 38.1 Å². The van der Waals surface area contributed by atoms with Crippen molar-refractivity contribution in [1.82, 2.24) is 10.2 Å². The Morgan fingerprint density at radius 1 is 1.21 bits per heavy atom. The van der Waals surface area contributed by atoms with E-state index in [4.69, 9.17) is 9.47 Å². The van der Waals surface area contributed by atoms with Gasteiger partial charge in [0.25, 0.3) is 0 Å². The molecule has 0 aromatic rings. The summed E-state index contributed by atoms with van der Waals surface area (Å²) in [5.74, 6) is 0.229. The van der Waals surface area contributed by atoms with Crippen molar-refractivity contribution >= 4 is 5.91 Å². The van der Waals surface area contributed by atoms with Gasteiger partial charge < -0.3 is 19.7 Å². The van der Waals surface area contributed by atoms with E-state index in [9.17, 15) is 4.79 Å². The van der Waals surface area contributed by atoms with E-state index in [2.05, 4.69) is 5.32 Å². The first kappa shape index (κ1) is 16.4. The minimum atomic E-state index is 0.229. The van der Waals surface area contributed by atoms with Crippen molar-refractivity contribution in [2.75, 3.05) is 47.1 Å². The van der Waals surface area contributed by atoms with Crippen LogP contribution >= 0.6 is 0 Å². The van der Waals surface area contributed by atoms with Crippen LogP contribution in [0.5, 0.6) is 0 Å². The zero-order valence-electron chi connectivity index (χ0n) is 12.3. The van der Waals surface area contributed by atoms with Gasteiger partial charge in [0.05, 0.1) is 6.61 Å². The zero-order chi connectivity index (χ0) is 13.9. The van der Waals surface area contributed by atoms with Gasteiger partial charge in [0, 0.05) is 46.4 Å². The van der Waals surface area contributed by atoms with Crippen molar-refractivity contribution in [3.05, 3.63) is 0 Å². The molecule has 19 heavy (non-hydrogen) atoms. The normalized spacial score (nSPS) is 19.4. The maximum absolute atomic E-state index is 12.3. The molecular weight excluding hydrogens is 244 g/mol. The smallest absolute Gasteiger partial charge is 0.224 e. The summed E-state index contributed by atoms with van der Waals surface area (Å²) in [6, 6.07) is 0.355. The Balaban J connectivity index is 2.35. The Kier molecular flexibility index (Phi) is 8.79. The second kappa shape index (κ2) is 10.2. The molecule has 1 saturated heterocycles. The van der Waals surface area contributed by atoms with Crippen LogP contribution in [0, 0.1) is 0 Å². The van der Waals surface area contributed by atoms with E-state index in [0.29, 0.717) is 32.2 Å². The summed E-state index contributed by atoms with van der Waals surface area (Å²) < 4.78 is 10.1. The van der Waals surface area contributed by atoms with Crippen LogP contribution in [-0.2, 0) is 14.3 Å². The average Bonchev–Trinajstić information content (AvgIpc) is 2.43. The first-order valence-corrected chi connectivity index (χ1v) is 7.27. The van der Waals surface area contributed by atoms with Gasteiger partial charge in [0.15, 0.2) is 0 Å². The fourth-order valence-electron chi connectivity index (χ4n) is 2.40. The van der Waals surface area contributed by atoms with Gasteiger partial charge in [-0.1, -0.05) is 6.42 Å². The van der Waals surface area contributed by atoms with Crippen molar-refractivity contribution < 1.29 is 14.3 Å². The van der Waals surface area contributed by atoms with Crippen molar-refractivity contribution in [2.24, 2.45) is 0 Å². The molecule has 1 amide bonds. The number of hydrogen-bond acceptors (Lipinski definition) is 4. The molecule has 0 aromatic heterocycles.